The van der Waals surface area contributed by atoms with Crippen molar-refractivity contribution in [1.29, 1.82) is 0 Å². The number of aryl methyl sites for hydroxylation is 3. The fraction of sp³-hybridized carbons (Fsp3) is 0.462. The van der Waals surface area contributed by atoms with Gasteiger partial charge in [0.15, 0.2) is 0 Å². The molecule has 1 aliphatic rings. The van der Waals surface area contributed by atoms with Crippen LogP contribution in [0.25, 0.3) is 0 Å². The van der Waals surface area contributed by atoms with Crippen LogP contribution in [0.2, 0.25) is 0 Å². The van der Waals surface area contributed by atoms with Crippen molar-refractivity contribution in [3.05, 3.63) is 34.4 Å². The molecule has 0 saturated carbocycles. The average Bonchev–Trinajstić information content (AvgIpc) is 2.06. The summed E-state index contributed by atoms with van der Waals surface area (Å²) in [5, 5.41) is 9.38. The van der Waals surface area contributed by atoms with Gasteiger partial charge >= 0.3 is 5.97 Å². The van der Waals surface area contributed by atoms with Gasteiger partial charge in [0.05, 0.1) is 13.2 Å². The zero-order chi connectivity index (χ0) is 11.9. The molecule has 1 saturated heterocycles. The maximum atomic E-state index is 11.4. The molecule has 86 valence electrons. The third-order valence-corrected chi connectivity index (χ3v) is 3.26. The second kappa shape index (κ2) is 3.59. The summed E-state index contributed by atoms with van der Waals surface area (Å²) in [5.41, 5.74) is 3.37. The van der Waals surface area contributed by atoms with Gasteiger partial charge in [-0.3, -0.25) is 4.79 Å². The zero-order valence-electron chi connectivity index (χ0n) is 9.83. The minimum atomic E-state index is -0.818. The van der Waals surface area contributed by atoms with E-state index in [0.717, 1.165) is 16.7 Å². The molecule has 0 atom stereocenters. The molecular weight excluding hydrogens is 204 g/mol. The highest BCUT2D eigenvalue weighted by atomic mass is 16.5. The van der Waals surface area contributed by atoms with Crippen molar-refractivity contribution in [3.8, 4) is 0 Å². The Balaban J connectivity index is 2.59. The summed E-state index contributed by atoms with van der Waals surface area (Å²) >= 11 is 0. The molecule has 1 N–H and O–H groups in total. The van der Waals surface area contributed by atoms with Gasteiger partial charge in [-0.05, 0) is 37.5 Å². The molecule has 2 rings (SSSR count). The number of carboxylic acids is 1. The van der Waals surface area contributed by atoms with Gasteiger partial charge in [0.25, 0.3) is 0 Å². The molecule has 0 radical (unpaired) electrons. The summed E-state index contributed by atoms with van der Waals surface area (Å²) in [5.74, 6) is -0.784. The van der Waals surface area contributed by atoms with E-state index in [4.69, 9.17) is 4.74 Å². The largest absolute Gasteiger partial charge is 0.480 e. The van der Waals surface area contributed by atoms with Crippen LogP contribution in [0.3, 0.4) is 0 Å². The van der Waals surface area contributed by atoms with Crippen LogP contribution in [0.1, 0.15) is 22.3 Å². The van der Waals surface area contributed by atoms with Crippen molar-refractivity contribution < 1.29 is 14.6 Å². The van der Waals surface area contributed by atoms with Crippen LogP contribution in [0, 0.1) is 20.8 Å². The average molecular weight is 220 g/mol. The lowest BCUT2D eigenvalue weighted by Gasteiger charge is -2.39. The molecule has 3 nitrogen and oxygen atoms in total. The fourth-order valence-electron chi connectivity index (χ4n) is 2.62. The maximum Gasteiger partial charge on any atom is 0.318 e. The Morgan fingerprint density at radius 2 is 1.75 bits per heavy atom. The summed E-state index contributed by atoms with van der Waals surface area (Å²) in [7, 11) is 0. The number of aliphatic carboxylic acids is 1. The van der Waals surface area contributed by atoms with Gasteiger partial charge in [-0.25, -0.2) is 0 Å². The van der Waals surface area contributed by atoms with E-state index in [9.17, 15) is 9.90 Å². The highest BCUT2D eigenvalue weighted by Gasteiger charge is 2.49. The zero-order valence-corrected chi connectivity index (χ0v) is 9.83. The van der Waals surface area contributed by atoms with Crippen molar-refractivity contribution in [2.45, 2.75) is 26.2 Å². The van der Waals surface area contributed by atoms with Gasteiger partial charge < -0.3 is 9.84 Å². The van der Waals surface area contributed by atoms with Gasteiger partial charge in [0, 0.05) is 0 Å². The Morgan fingerprint density at radius 3 is 2.06 bits per heavy atom. The number of ether oxygens (including phenoxy) is 1. The first kappa shape index (κ1) is 11.1. The first-order valence-electron chi connectivity index (χ1n) is 5.37. The van der Waals surface area contributed by atoms with Crippen LogP contribution in [0.4, 0.5) is 0 Å². The van der Waals surface area contributed by atoms with Crippen molar-refractivity contribution in [2.24, 2.45) is 0 Å². The molecule has 1 heterocycles. The Morgan fingerprint density at radius 1 is 1.25 bits per heavy atom. The van der Waals surface area contributed by atoms with E-state index in [2.05, 4.69) is 0 Å². The molecule has 1 aromatic carbocycles. The van der Waals surface area contributed by atoms with Gasteiger partial charge in [-0.15, -0.1) is 0 Å². The van der Waals surface area contributed by atoms with Gasteiger partial charge in [-0.2, -0.15) is 0 Å². The van der Waals surface area contributed by atoms with E-state index in [1.54, 1.807) is 0 Å². The summed E-state index contributed by atoms with van der Waals surface area (Å²) in [6, 6.07) is 4.07. The number of rotatable bonds is 2. The van der Waals surface area contributed by atoms with E-state index in [-0.39, 0.29) is 13.2 Å². The predicted octanol–water partition coefficient (Wildman–Crippen LogP) is 1.96. The molecule has 1 aromatic rings. The summed E-state index contributed by atoms with van der Waals surface area (Å²) < 4.78 is 5.11. The fourth-order valence-corrected chi connectivity index (χ4v) is 2.62. The Bertz CT molecular complexity index is 421. The second-order valence-electron chi connectivity index (χ2n) is 4.65. The van der Waals surface area contributed by atoms with Gasteiger partial charge in [-0.1, -0.05) is 17.7 Å². The van der Waals surface area contributed by atoms with Gasteiger partial charge in [0.2, 0.25) is 0 Å². The van der Waals surface area contributed by atoms with Gasteiger partial charge in [0.1, 0.15) is 5.41 Å². The number of hydrogen-bond donors (Lipinski definition) is 1. The van der Waals surface area contributed by atoms with Crippen molar-refractivity contribution in [2.75, 3.05) is 13.2 Å². The summed E-state index contributed by atoms with van der Waals surface area (Å²) in [6.07, 6.45) is 0. The highest BCUT2D eigenvalue weighted by Crippen LogP contribution is 2.37. The highest BCUT2D eigenvalue weighted by molar-refractivity contribution is 5.84. The lowest BCUT2D eigenvalue weighted by Crippen LogP contribution is -2.53. The molecule has 16 heavy (non-hydrogen) atoms. The van der Waals surface area contributed by atoms with Crippen LogP contribution in [-0.4, -0.2) is 24.3 Å². The molecule has 0 aliphatic carbocycles. The van der Waals surface area contributed by atoms with Crippen LogP contribution in [0.15, 0.2) is 12.1 Å². The van der Waals surface area contributed by atoms with E-state index < -0.39 is 11.4 Å². The van der Waals surface area contributed by atoms with Crippen LogP contribution >= 0.6 is 0 Å². The Labute approximate surface area is 95.0 Å². The standard InChI is InChI=1S/C13H16O3/c1-8-4-9(2)11(10(3)5-8)13(12(14)15)6-16-7-13/h4-5H,6-7H2,1-3H3,(H,14,15). The van der Waals surface area contributed by atoms with Crippen molar-refractivity contribution in [1.82, 2.24) is 0 Å². The molecule has 0 aromatic heterocycles. The molecule has 1 aliphatic heterocycles. The van der Waals surface area contributed by atoms with Crippen LogP contribution < -0.4 is 0 Å². The monoisotopic (exact) mass is 220 g/mol. The lowest BCUT2D eigenvalue weighted by molar-refractivity contribution is -0.163. The lowest BCUT2D eigenvalue weighted by atomic mass is 9.74. The third-order valence-electron chi connectivity index (χ3n) is 3.26. The third kappa shape index (κ3) is 1.43. The topological polar surface area (TPSA) is 46.5 Å². The van der Waals surface area contributed by atoms with E-state index in [0.29, 0.717) is 0 Å². The molecule has 3 heteroatoms. The smallest absolute Gasteiger partial charge is 0.318 e. The predicted molar refractivity (Wildman–Crippen MR) is 60.8 cm³/mol. The molecule has 0 unspecified atom stereocenters. The Kier molecular flexibility index (Phi) is 2.50. The van der Waals surface area contributed by atoms with E-state index in [1.165, 1.54) is 5.56 Å². The van der Waals surface area contributed by atoms with Crippen molar-refractivity contribution >= 4 is 5.97 Å². The number of carboxylic acid groups (broad SMARTS) is 1. The number of carbonyl (C=O) groups is 1. The molecule has 0 amide bonds. The van der Waals surface area contributed by atoms with E-state index in [1.807, 2.05) is 32.9 Å². The SMILES string of the molecule is Cc1cc(C)c(C2(C(=O)O)COC2)c(C)c1. The number of benzene rings is 1. The molecule has 0 bridgehead atoms. The molecule has 1 fully saturated rings. The van der Waals surface area contributed by atoms with Crippen molar-refractivity contribution in [3.63, 3.8) is 0 Å². The minimum absolute atomic E-state index is 0.285. The maximum absolute atomic E-state index is 11.4. The first-order valence-corrected chi connectivity index (χ1v) is 5.37. The Hall–Kier alpha value is -1.35. The first-order chi connectivity index (χ1) is 7.47. The normalized spacial score (nSPS) is 17.9. The van der Waals surface area contributed by atoms with Crippen LogP contribution in [-0.2, 0) is 14.9 Å². The summed E-state index contributed by atoms with van der Waals surface area (Å²) in [4.78, 5) is 11.4. The number of hydrogen-bond acceptors (Lipinski definition) is 2. The van der Waals surface area contributed by atoms with E-state index >= 15 is 0 Å². The molecule has 0 spiro atoms. The van der Waals surface area contributed by atoms with Crippen LogP contribution in [0.5, 0.6) is 0 Å². The quantitative estimate of drug-likeness (QED) is 0.828. The second-order valence-corrected chi connectivity index (χ2v) is 4.65. The summed E-state index contributed by atoms with van der Waals surface area (Å²) in [6.45, 7) is 6.53. The minimum Gasteiger partial charge on any atom is -0.480 e. The molecular formula is C13H16O3.